The molecule has 0 aromatic carbocycles. The SMILES string of the molecule is COC(=O)C(C)(C)CNC(=O)C1CC(F)(F)CN1. The van der Waals surface area contributed by atoms with Gasteiger partial charge in [-0.15, -0.1) is 0 Å². The summed E-state index contributed by atoms with van der Waals surface area (Å²) in [6.07, 6.45) is -0.516. The van der Waals surface area contributed by atoms with Gasteiger partial charge < -0.3 is 10.1 Å². The third kappa shape index (κ3) is 3.63. The minimum absolute atomic E-state index is 0.0439. The number of carbonyl (C=O) groups excluding carboxylic acids is 2. The van der Waals surface area contributed by atoms with E-state index in [4.69, 9.17) is 0 Å². The fourth-order valence-corrected chi connectivity index (χ4v) is 1.68. The van der Waals surface area contributed by atoms with Crippen molar-refractivity contribution in [2.45, 2.75) is 32.2 Å². The van der Waals surface area contributed by atoms with Crippen LogP contribution < -0.4 is 10.6 Å². The number of carbonyl (C=O) groups is 2. The van der Waals surface area contributed by atoms with Gasteiger partial charge in [-0.2, -0.15) is 0 Å². The van der Waals surface area contributed by atoms with Gasteiger partial charge in [-0.1, -0.05) is 0 Å². The number of esters is 1. The molecule has 1 saturated heterocycles. The summed E-state index contributed by atoms with van der Waals surface area (Å²) in [5.41, 5.74) is -0.883. The Kier molecular flexibility index (Phi) is 4.26. The van der Waals surface area contributed by atoms with Crippen LogP contribution in [0.15, 0.2) is 0 Å². The Balaban J connectivity index is 2.45. The highest BCUT2D eigenvalue weighted by atomic mass is 19.3. The van der Waals surface area contributed by atoms with Crippen LogP contribution in [-0.4, -0.2) is 44.0 Å². The molecule has 0 aromatic rings. The van der Waals surface area contributed by atoms with Crippen molar-refractivity contribution in [3.8, 4) is 0 Å². The molecule has 1 unspecified atom stereocenters. The van der Waals surface area contributed by atoms with Crippen LogP contribution in [0.3, 0.4) is 0 Å². The van der Waals surface area contributed by atoms with Crippen molar-refractivity contribution in [3.63, 3.8) is 0 Å². The second-order valence-corrected chi connectivity index (χ2v) is 5.09. The van der Waals surface area contributed by atoms with Gasteiger partial charge in [0.15, 0.2) is 0 Å². The van der Waals surface area contributed by atoms with Gasteiger partial charge in [-0.3, -0.25) is 14.9 Å². The Bertz CT molecular complexity index is 345. The average Bonchev–Trinajstić information content (AvgIpc) is 2.65. The van der Waals surface area contributed by atoms with E-state index in [0.29, 0.717) is 0 Å². The summed E-state index contributed by atoms with van der Waals surface area (Å²) in [7, 11) is 1.25. The highest BCUT2D eigenvalue weighted by Crippen LogP contribution is 2.25. The molecule has 0 aromatic heterocycles. The molecule has 0 spiro atoms. The Labute approximate surface area is 104 Å². The molecule has 1 amide bonds. The lowest BCUT2D eigenvalue weighted by atomic mass is 9.93. The third-order valence-electron chi connectivity index (χ3n) is 2.87. The summed E-state index contributed by atoms with van der Waals surface area (Å²) in [4.78, 5) is 23.0. The summed E-state index contributed by atoms with van der Waals surface area (Å²) in [6.45, 7) is 2.76. The molecule has 2 N–H and O–H groups in total. The molecule has 1 fully saturated rings. The van der Waals surface area contributed by atoms with E-state index in [0.717, 1.165) is 0 Å². The molecule has 1 aliphatic heterocycles. The molecule has 18 heavy (non-hydrogen) atoms. The van der Waals surface area contributed by atoms with Crippen LogP contribution in [0.4, 0.5) is 8.78 Å². The lowest BCUT2D eigenvalue weighted by molar-refractivity contribution is -0.150. The summed E-state index contributed by atoms with van der Waals surface area (Å²) < 4.78 is 30.4. The lowest BCUT2D eigenvalue weighted by Gasteiger charge is -2.22. The number of alkyl halides is 2. The number of hydrogen-bond acceptors (Lipinski definition) is 4. The maximum Gasteiger partial charge on any atom is 0.313 e. The zero-order valence-electron chi connectivity index (χ0n) is 10.7. The van der Waals surface area contributed by atoms with Gasteiger partial charge in [0.25, 0.3) is 5.92 Å². The van der Waals surface area contributed by atoms with Gasteiger partial charge in [0, 0.05) is 13.0 Å². The van der Waals surface area contributed by atoms with E-state index >= 15 is 0 Å². The molecule has 7 heteroatoms. The van der Waals surface area contributed by atoms with Crippen molar-refractivity contribution in [2.75, 3.05) is 20.2 Å². The number of hydrogen-bond donors (Lipinski definition) is 2. The molecule has 0 saturated carbocycles. The van der Waals surface area contributed by atoms with Crippen molar-refractivity contribution >= 4 is 11.9 Å². The Morgan fingerprint density at radius 1 is 1.50 bits per heavy atom. The van der Waals surface area contributed by atoms with Crippen molar-refractivity contribution in [3.05, 3.63) is 0 Å². The number of ether oxygens (including phenoxy) is 1. The third-order valence-corrected chi connectivity index (χ3v) is 2.87. The Morgan fingerprint density at radius 2 is 2.11 bits per heavy atom. The monoisotopic (exact) mass is 264 g/mol. The van der Waals surface area contributed by atoms with E-state index in [1.54, 1.807) is 13.8 Å². The van der Waals surface area contributed by atoms with Crippen LogP contribution in [-0.2, 0) is 14.3 Å². The number of halogens is 2. The minimum Gasteiger partial charge on any atom is -0.469 e. The number of rotatable bonds is 4. The van der Waals surface area contributed by atoms with Gasteiger partial charge in [-0.25, -0.2) is 8.78 Å². The van der Waals surface area contributed by atoms with Gasteiger partial charge >= 0.3 is 5.97 Å². The summed E-state index contributed by atoms with van der Waals surface area (Å²) in [6, 6.07) is -0.909. The molecule has 1 atom stereocenters. The number of amides is 1. The van der Waals surface area contributed by atoms with Crippen LogP contribution in [0.25, 0.3) is 0 Å². The smallest absolute Gasteiger partial charge is 0.313 e. The quantitative estimate of drug-likeness (QED) is 0.717. The topological polar surface area (TPSA) is 67.4 Å². The van der Waals surface area contributed by atoms with E-state index < -0.39 is 42.2 Å². The van der Waals surface area contributed by atoms with Crippen molar-refractivity contribution < 1.29 is 23.1 Å². The first kappa shape index (κ1) is 14.8. The molecule has 1 rings (SSSR count). The largest absolute Gasteiger partial charge is 0.469 e. The first-order valence-electron chi connectivity index (χ1n) is 5.65. The first-order valence-corrected chi connectivity index (χ1v) is 5.65. The molecular formula is C11H18F2N2O3. The summed E-state index contributed by atoms with van der Waals surface area (Å²) in [5.74, 6) is -3.84. The fourth-order valence-electron chi connectivity index (χ4n) is 1.68. The van der Waals surface area contributed by atoms with E-state index in [-0.39, 0.29) is 6.54 Å². The second-order valence-electron chi connectivity index (χ2n) is 5.09. The predicted molar refractivity (Wildman–Crippen MR) is 60.2 cm³/mol. The van der Waals surface area contributed by atoms with E-state index in [1.807, 2.05) is 0 Å². The van der Waals surface area contributed by atoms with Crippen molar-refractivity contribution in [2.24, 2.45) is 5.41 Å². The zero-order chi connectivity index (χ0) is 14.0. The van der Waals surface area contributed by atoms with E-state index in [2.05, 4.69) is 15.4 Å². The van der Waals surface area contributed by atoms with Crippen LogP contribution in [0, 0.1) is 5.41 Å². The summed E-state index contributed by atoms with van der Waals surface area (Å²) in [5, 5.41) is 4.93. The fraction of sp³-hybridized carbons (Fsp3) is 0.818. The van der Waals surface area contributed by atoms with Gasteiger partial charge in [0.1, 0.15) is 0 Å². The molecule has 0 radical (unpaired) electrons. The van der Waals surface area contributed by atoms with Crippen LogP contribution in [0.5, 0.6) is 0 Å². The second kappa shape index (κ2) is 5.17. The molecule has 0 aliphatic carbocycles. The Morgan fingerprint density at radius 3 is 2.56 bits per heavy atom. The van der Waals surface area contributed by atoms with Crippen LogP contribution in [0.2, 0.25) is 0 Å². The molecule has 5 nitrogen and oxygen atoms in total. The molecule has 0 bridgehead atoms. The molecule has 1 heterocycles. The molecular weight excluding hydrogens is 246 g/mol. The highest BCUT2D eigenvalue weighted by molar-refractivity contribution is 5.83. The standard InChI is InChI=1S/C11H18F2N2O3/c1-10(2,9(17)18-3)5-15-8(16)7-4-11(12,13)6-14-7/h7,14H,4-6H2,1-3H3,(H,15,16). The van der Waals surface area contributed by atoms with Crippen LogP contribution >= 0.6 is 0 Å². The first-order chi connectivity index (χ1) is 8.18. The predicted octanol–water partition coefficient (Wildman–Crippen LogP) is 0.299. The maximum atomic E-state index is 12.9. The number of nitrogens with one attached hydrogen (secondary N) is 2. The normalized spacial score (nSPS) is 22.6. The van der Waals surface area contributed by atoms with Gasteiger partial charge in [-0.05, 0) is 13.8 Å². The highest BCUT2D eigenvalue weighted by Gasteiger charge is 2.42. The van der Waals surface area contributed by atoms with Crippen molar-refractivity contribution in [1.82, 2.24) is 10.6 Å². The molecule has 104 valence electrons. The molecule has 1 aliphatic rings. The van der Waals surface area contributed by atoms with E-state index in [9.17, 15) is 18.4 Å². The van der Waals surface area contributed by atoms with Crippen molar-refractivity contribution in [1.29, 1.82) is 0 Å². The van der Waals surface area contributed by atoms with Crippen LogP contribution in [0.1, 0.15) is 20.3 Å². The van der Waals surface area contributed by atoms with E-state index in [1.165, 1.54) is 7.11 Å². The summed E-state index contributed by atoms with van der Waals surface area (Å²) >= 11 is 0. The Hall–Kier alpha value is -1.24. The number of methoxy groups -OCH3 is 1. The maximum absolute atomic E-state index is 12.9. The zero-order valence-corrected chi connectivity index (χ0v) is 10.7. The minimum atomic E-state index is -2.85. The van der Waals surface area contributed by atoms with Gasteiger partial charge in [0.2, 0.25) is 5.91 Å². The van der Waals surface area contributed by atoms with Gasteiger partial charge in [0.05, 0.1) is 25.1 Å². The lowest BCUT2D eigenvalue weighted by Crippen LogP contribution is -2.46. The average molecular weight is 264 g/mol.